The van der Waals surface area contributed by atoms with E-state index >= 15 is 0 Å². The number of hydrogen-bond donors (Lipinski definition) is 0. The molecule has 3 heterocycles. The van der Waals surface area contributed by atoms with E-state index in [1.165, 1.54) is 35.1 Å². The van der Waals surface area contributed by atoms with Crippen LogP contribution in [-0.2, 0) is 20.1 Å². The van der Waals surface area contributed by atoms with E-state index in [0.29, 0.717) is 11.3 Å². The molecule has 0 aliphatic carbocycles. The Morgan fingerprint density at radius 1 is 0.865 bits per heavy atom. The van der Waals surface area contributed by atoms with Gasteiger partial charge in [-0.15, -0.1) is 48.0 Å². The largest absolute Gasteiger partial charge is 0.583 e. The van der Waals surface area contributed by atoms with E-state index in [-0.39, 0.29) is 31.5 Å². The molecule has 0 atom stereocenters. The Balaban J connectivity index is 0.000000187. The van der Waals surface area contributed by atoms with Gasteiger partial charge in [0.05, 0.1) is 0 Å². The van der Waals surface area contributed by atoms with Crippen LogP contribution >= 0.6 is 0 Å². The molecule has 0 unspecified atom stereocenters. The van der Waals surface area contributed by atoms with Crippen molar-refractivity contribution in [2.24, 2.45) is 0 Å². The van der Waals surface area contributed by atoms with Gasteiger partial charge >= 0.3 is 0 Å². The summed E-state index contributed by atoms with van der Waals surface area (Å²) < 4.78 is 40.8. The first-order valence-electron chi connectivity index (χ1n) is 13.0. The summed E-state index contributed by atoms with van der Waals surface area (Å²) in [5, 5.41) is 1.35. The molecule has 1 radical (unpaired) electrons. The predicted octanol–water partition coefficient (Wildman–Crippen LogP) is 7.01. The van der Waals surface area contributed by atoms with Gasteiger partial charge in [-0.25, -0.2) is 0 Å². The van der Waals surface area contributed by atoms with Gasteiger partial charge in [0.1, 0.15) is 0 Å². The molecule has 1 aliphatic heterocycles. The second-order valence-electron chi connectivity index (χ2n) is 8.82. The van der Waals surface area contributed by atoms with Crippen LogP contribution in [0, 0.1) is 24.8 Å². The molecule has 0 saturated heterocycles. The number of aromatic nitrogens is 2. The summed E-state index contributed by atoms with van der Waals surface area (Å²) in [6, 6.07) is 31.7. The molecule has 3 aromatic carbocycles. The topological polar surface area (TPSA) is 35.0 Å². The van der Waals surface area contributed by atoms with Crippen LogP contribution in [0.2, 0.25) is 13.1 Å². The maximum atomic E-state index is 12.7. The number of aryl methyl sites for hydroxylation is 1. The summed E-state index contributed by atoms with van der Waals surface area (Å²) in [5.41, 5.74) is 5.66. The summed E-state index contributed by atoms with van der Waals surface area (Å²) in [5.74, 6) is 0.560. The van der Waals surface area contributed by atoms with Crippen LogP contribution in [0.3, 0.4) is 0 Å². The Bertz CT molecular complexity index is 1580. The van der Waals surface area contributed by atoms with Gasteiger partial charge in [-0.05, 0) is 53.7 Å². The molecule has 37 heavy (non-hydrogen) atoms. The summed E-state index contributed by atoms with van der Waals surface area (Å²) in [6.45, 7) is 2.33. The summed E-state index contributed by atoms with van der Waals surface area (Å²) >= 11 is 0. The number of rotatable bonds is 2. The first-order chi connectivity index (χ1) is 18.6. The fourth-order valence-corrected chi connectivity index (χ4v) is 6.37. The van der Waals surface area contributed by atoms with Crippen LogP contribution in [0.1, 0.15) is 9.68 Å². The van der Waals surface area contributed by atoms with Gasteiger partial charge in [0.2, 0.25) is 0 Å². The van der Waals surface area contributed by atoms with E-state index < -0.39 is 15.2 Å². The Kier molecular flexibility index (Phi) is 6.94. The molecule has 6 heteroatoms. The summed E-state index contributed by atoms with van der Waals surface area (Å²) in [7, 11) is -1.97. The maximum absolute atomic E-state index is 12.7. The normalized spacial score (nSPS) is 14.1. The molecule has 0 saturated carbocycles. The van der Waals surface area contributed by atoms with E-state index in [4.69, 9.17) is 8.54 Å². The molecule has 5 aromatic rings. The Morgan fingerprint density at radius 3 is 2.41 bits per heavy atom. The quantitative estimate of drug-likeness (QED) is 0.148. The molecule has 0 N–H and O–H groups in total. The van der Waals surface area contributed by atoms with Crippen LogP contribution in [0.25, 0.3) is 33.6 Å². The molecule has 2 aromatic heterocycles. The maximum Gasteiger partial charge on any atom is 0.264 e. The Morgan fingerprint density at radius 2 is 1.70 bits per heavy atom. The van der Waals surface area contributed by atoms with Crippen molar-refractivity contribution in [3.8, 4) is 39.4 Å². The van der Waals surface area contributed by atoms with Gasteiger partial charge in [-0.1, -0.05) is 59.7 Å². The smallest absolute Gasteiger partial charge is 0.264 e. The van der Waals surface area contributed by atoms with Crippen molar-refractivity contribution in [2.45, 2.75) is 19.9 Å². The summed E-state index contributed by atoms with van der Waals surface area (Å²) in [6.07, 6.45) is 3.11. The van der Waals surface area contributed by atoms with Gasteiger partial charge < -0.3 is 14.4 Å². The van der Waals surface area contributed by atoms with E-state index in [0.717, 1.165) is 22.6 Å². The van der Waals surface area contributed by atoms with Crippen LogP contribution in [0.5, 0.6) is 5.75 Å². The molecule has 6 rings (SSSR count). The monoisotopic (exact) mass is 684 g/mol. The zero-order valence-electron chi connectivity index (χ0n) is 23.3. The van der Waals surface area contributed by atoms with Crippen molar-refractivity contribution in [1.82, 2.24) is 9.97 Å². The van der Waals surface area contributed by atoms with Crippen LogP contribution in [0.4, 0.5) is 4.39 Å². The van der Waals surface area contributed by atoms with Gasteiger partial charge in [0.25, 0.3) is 8.32 Å². The van der Waals surface area contributed by atoms with E-state index in [9.17, 15) is 4.39 Å². The van der Waals surface area contributed by atoms with Crippen molar-refractivity contribution in [3.63, 3.8) is 0 Å². The fourth-order valence-electron chi connectivity index (χ4n) is 4.17. The Hall–Kier alpha value is -3.44. The van der Waals surface area contributed by atoms with Crippen molar-refractivity contribution in [1.29, 1.82) is 0 Å². The molecule has 0 bridgehead atoms. The number of halogens is 1. The predicted molar refractivity (Wildman–Crippen MR) is 145 cm³/mol. The molecule has 1 aliphatic rings. The fraction of sp³-hybridized carbons (Fsp3) is 0.0968. The van der Waals surface area contributed by atoms with Crippen LogP contribution < -0.4 is 9.61 Å². The van der Waals surface area contributed by atoms with E-state index in [1.807, 2.05) is 30.5 Å². The zero-order chi connectivity index (χ0) is 27.6. The summed E-state index contributed by atoms with van der Waals surface area (Å²) in [4.78, 5) is 8.50. The number of fused-ring (bicyclic) bond motifs is 3. The first-order valence-corrected chi connectivity index (χ1v) is 14.4. The minimum absolute atomic E-state index is 0. The van der Waals surface area contributed by atoms with E-state index in [1.54, 1.807) is 12.1 Å². The standard InChI is InChI=1S/C19H16NOSi.C12H9FN.Ir/c1-22(2)18-12-4-3-8-14(18)15-9-7-10-16(19(15)21-22)17-11-5-6-13-20-17;1-9-2-7-12(14-8-9)10-3-5-11(13)6-4-10;/h3-9,11-13H,1-2H3;2-3,5-8H,1H3;/q2*-1;/i;1D3;. The third-order valence-electron chi connectivity index (χ3n) is 5.91. The SMILES string of the molecule is C[Si]1(C)Oc2c(-c3ccccn3)[c-]ccc2-c2ccccc21.[2H]C([2H])([2H])c1ccc(-c2[c-]cc(F)cc2)nc1.[Ir]. The molecule has 187 valence electrons. The van der Waals surface area contributed by atoms with E-state index in [2.05, 4.69) is 65.5 Å². The average Bonchev–Trinajstić information content (AvgIpc) is 2.94. The second kappa shape index (κ2) is 11.3. The second-order valence-corrected chi connectivity index (χ2v) is 12.6. The zero-order valence-corrected chi connectivity index (χ0v) is 23.6. The number of hydrogen-bond acceptors (Lipinski definition) is 3. The van der Waals surface area contributed by atoms with Crippen molar-refractivity contribution < 1.29 is 33.0 Å². The van der Waals surface area contributed by atoms with Crippen LogP contribution in [-0.4, -0.2) is 18.3 Å². The van der Waals surface area contributed by atoms with Gasteiger partial charge in [-0.3, -0.25) is 4.39 Å². The molecular formula is C31H25FIrN2OSi-2. The number of benzene rings is 3. The molecule has 0 fully saturated rings. The van der Waals surface area contributed by atoms with Gasteiger partial charge in [0.15, 0.2) is 0 Å². The third kappa shape index (κ3) is 5.77. The third-order valence-corrected chi connectivity index (χ3v) is 8.36. The molecule has 0 spiro atoms. The first kappa shape index (κ1) is 22.7. The molecule has 0 amide bonds. The minimum Gasteiger partial charge on any atom is -0.583 e. The van der Waals surface area contributed by atoms with Crippen molar-refractivity contribution >= 4 is 13.5 Å². The number of pyridine rings is 2. The van der Waals surface area contributed by atoms with Gasteiger partial charge in [0, 0.05) is 48.2 Å². The van der Waals surface area contributed by atoms with Gasteiger partial charge in [-0.2, -0.15) is 0 Å². The molecule has 3 nitrogen and oxygen atoms in total. The average molecular weight is 684 g/mol. The number of nitrogens with zero attached hydrogens (tertiary/aromatic N) is 2. The van der Waals surface area contributed by atoms with Crippen molar-refractivity contribution in [2.75, 3.05) is 0 Å². The van der Waals surface area contributed by atoms with Crippen LogP contribution in [0.15, 0.2) is 97.3 Å². The van der Waals surface area contributed by atoms with Crippen molar-refractivity contribution in [3.05, 3.63) is 121 Å². The Labute approximate surface area is 236 Å². The minimum atomic E-state index is -2.15. The molecular weight excluding hydrogens is 656 g/mol.